The second kappa shape index (κ2) is 5.48. The zero-order chi connectivity index (χ0) is 12.3. The van der Waals surface area contributed by atoms with Gasteiger partial charge in [0.05, 0.1) is 0 Å². The van der Waals surface area contributed by atoms with Crippen LogP contribution in [0.4, 0.5) is 0 Å². The van der Waals surface area contributed by atoms with Crippen LogP contribution in [0.25, 0.3) is 0 Å². The molecule has 0 aliphatic heterocycles. The summed E-state index contributed by atoms with van der Waals surface area (Å²) in [6.45, 7) is 4.27. The Morgan fingerprint density at radius 3 is 2.59 bits per heavy atom. The third-order valence-electron chi connectivity index (χ3n) is 3.11. The maximum atomic E-state index is 10.4. The molecule has 2 heteroatoms. The van der Waals surface area contributed by atoms with Gasteiger partial charge in [-0.05, 0) is 41.0 Å². The highest BCUT2D eigenvalue weighted by Gasteiger charge is 2.15. The topological polar surface area (TPSA) is 20.2 Å². The van der Waals surface area contributed by atoms with Crippen molar-refractivity contribution in [1.29, 1.82) is 0 Å². The van der Waals surface area contributed by atoms with E-state index in [-0.39, 0.29) is 0 Å². The fraction of sp³-hybridized carbons (Fsp3) is 0.333. The lowest BCUT2D eigenvalue weighted by Gasteiger charge is -2.15. The minimum Gasteiger partial charge on any atom is -0.383 e. The minimum absolute atomic E-state index is 0.476. The number of benzene rings is 1. The summed E-state index contributed by atoms with van der Waals surface area (Å²) in [5.41, 5.74) is 3.59. The predicted octanol–water partition coefficient (Wildman–Crippen LogP) is 3.95. The van der Waals surface area contributed by atoms with Gasteiger partial charge >= 0.3 is 0 Å². The highest BCUT2D eigenvalue weighted by atomic mass is 32.1. The molecular weight excluding hydrogens is 228 g/mol. The van der Waals surface area contributed by atoms with Crippen molar-refractivity contribution in [3.05, 3.63) is 57.3 Å². The molecule has 1 nitrogen and oxygen atoms in total. The van der Waals surface area contributed by atoms with Crippen LogP contribution in [0.5, 0.6) is 0 Å². The van der Waals surface area contributed by atoms with Crippen molar-refractivity contribution in [2.75, 3.05) is 0 Å². The summed E-state index contributed by atoms with van der Waals surface area (Å²) in [6.07, 6.45) is 1.49. The Kier molecular flexibility index (Phi) is 3.97. The van der Waals surface area contributed by atoms with Crippen LogP contribution in [-0.4, -0.2) is 5.11 Å². The molecule has 17 heavy (non-hydrogen) atoms. The molecule has 90 valence electrons. The van der Waals surface area contributed by atoms with Crippen molar-refractivity contribution < 1.29 is 5.11 Å². The SMILES string of the molecule is CCc1ccc(CC)c(C(O)c2cccs2)c1. The molecule has 0 aliphatic rings. The summed E-state index contributed by atoms with van der Waals surface area (Å²) in [5.74, 6) is 0. The molecule has 0 spiro atoms. The van der Waals surface area contributed by atoms with Crippen LogP contribution >= 0.6 is 11.3 Å². The Hall–Kier alpha value is -1.12. The van der Waals surface area contributed by atoms with Crippen molar-refractivity contribution in [3.8, 4) is 0 Å². The van der Waals surface area contributed by atoms with Gasteiger partial charge < -0.3 is 5.11 Å². The van der Waals surface area contributed by atoms with Gasteiger partial charge in [0.25, 0.3) is 0 Å². The third kappa shape index (κ3) is 2.59. The summed E-state index contributed by atoms with van der Waals surface area (Å²) in [7, 11) is 0. The molecular formula is C15H18OS. The van der Waals surface area contributed by atoms with Crippen LogP contribution in [0.15, 0.2) is 35.7 Å². The van der Waals surface area contributed by atoms with E-state index in [0.717, 1.165) is 23.3 Å². The maximum Gasteiger partial charge on any atom is 0.113 e. The Balaban J connectivity index is 2.41. The first-order chi connectivity index (χ1) is 8.26. The number of aliphatic hydroxyl groups excluding tert-OH is 1. The van der Waals surface area contributed by atoms with Crippen molar-refractivity contribution >= 4 is 11.3 Å². The van der Waals surface area contributed by atoms with E-state index in [1.54, 1.807) is 11.3 Å². The first-order valence-corrected chi connectivity index (χ1v) is 6.97. The maximum absolute atomic E-state index is 10.4. The summed E-state index contributed by atoms with van der Waals surface area (Å²) in [4.78, 5) is 1.02. The Morgan fingerprint density at radius 1 is 1.18 bits per heavy atom. The van der Waals surface area contributed by atoms with Crippen LogP contribution in [0.2, 0.25) is 0 Å². The zero-order valence-corrected chi connectivity index (χ0v) is 11.1. The Morgan fingerprint density at radius 2 is 2.00 bits per heavy atom. The molecule has 0 saturated carbocycles. The highest BCUT2D eigenvalue weighted by Crippen LogP contribution is 2.29. The highest BCUT2D eigenvalue weighted by molar-refractivity contribution is 7.10. The smallest absolute Gasteiger partial charge is 0.113 e. The summed E-state index contributed by atoms with van der Waals surface area (Å²) in [6, 6.07) is 10.4. The van der Waals surface area contributed by atoms with E-state index in [4.69, 9.17) is 0 Å². The van der Waals surface area contributed by atoms with Gasteiger partial charge in [0, 0.05) is 4.88 Å². The van der Waals surface area contributed by atoms with Crippen LogP contribution in [0.1, 0.15) is 41.5 Å². The fourth-order valence-corrected chi connectivity index (χ4v) is 2.77. The van der Waals surface area contributed by atoms with Gasteiger partial charge in [-0.3, -0.25) is 0 Å². The standard InChI is InChI=1S/C15H18OS/c1-3-11-7-8-12(4-2)13(10-11)15(16)14-6-5-9-17-14/h5-10,15-16H,3-4H2,1-2H3. The van der Waals surface area contributed by atoms with Crippen molar-refractivity contribution in [3.63, 3.8) is 0 Å². The number of hydrogen-bond acceptors (Lipinski definition) is 2. The number of rotatable bonds is 4. The quantitative estimate of drug-likeness (QED) is 0.866. The monoisotopic (exact) mass is 246 g/mol. The van der Waals surface area contributed by atoms with Crippen LogP contribution in [-0.2, 0) is 12.8 Å². The average molecular weight is 246 g/mol. The van der Waals surface area contributed by atoms with Crippen molar-refractivity contribution in [1.82, 2.24) is 0 Å². The van der Waals surface area contributed by atoms with Crippen molar-refractivity contribution in [2.45, 2.75) is 32.8 Å². The number of hydrogen-bond donors (Lipinski definition) is 1. The average Bonchev–Trinajstić information content (AvgIpc) is 2.91. The van der Waals surface area contributed by atoms with Gasteiger partial charge in [0.2, 0.25) is 0 Å². The van der Waals surface area contributed by atoms with E-state index in [2.05, 4.69) is 32.0 Å². The van der Waals surface area contributed by atoms with Crippen LogP contribution < -0.4 is 0 Å². The van der Waals surface area contributed by atoms with E-state index in [1.165, 1.54) is 11.1 Å². The number of aryl methyl sites for hydroxylation is 2. The molecule has 0 radical (unpaired) electrons. The van der Waals surface area contributed by atoms with Crippen molar-refractivity contribution in [2.24, 2.45) is 0 Å². The molecule has 1 atom stereocenters. The Bertz CT molecular complexity index is 474. The lowest BCUT2D eigenvalue weighted by molar-refractivity contribution is 0.223. The summed E-state index contributed by atoms with van der Waals surface area (Å²) in [5, 5.41) is 12.4. The number of thiophene rings is 1. The molecule has 0 amide bonds. The second-order valence-corrected chi connectivity index (χ2v) is 5.14. The van der Waals surface area contributed by atoms with Gasteiger partial charge in [-0.15, -0.1) is 11.3 Å². The van der Waals surface area contributed by atoms with Crippen LogP contribution in [0, 0.1) is 0 Å². The normalized spacial score (nSPS) is 12.6. The van der Waals surface area contributed by atoms with Gasteiger partial charge in [-0.25, -0.2) is 0 Å². The number of aliphatic hydroxyl groups is 1. The molecule has 0 aliphatic carbocycles. The van der Waals surface area contributed by atoms with E-state index in [0.29, 0.717) is 0 Å². The van der Waals surface area contributed by atoms with Gasteiger partial charge in [-0.1, -0.05) is 38.1 Å². The first kappa shape index (κ1) is 12.3. The van der Waals surface area contributed by atoms with E-state index < -0.39 is 6.10 Å². The molecule has 1 aromatic heterocycles. The minimum atomic E-state index is -0.476. The summed E-state index contributed by atoms with van der Waals surface area (Å²) >= 11 is 1.61. The molecule has 2 aromatic rings. The third-order valence-corrected chi connectivity index (χ3v) is 4.03. The molecule has 1 N–H and O–H groups in total. The molecule has 1 aromatic carbocycles. The predicted molar refractivity (Wildman–Crippen MR) is 73.6 cm³/mol. The lowest BCUT2D eigenvalue weighted by atomic mass is 9.96. The second-order valence-electron chi connectivity index (χ2n) is 4.16. The molecule has 1 heterocycles. The van der Waals surface area contributed by atoms with Gasteiger partial charge in [0.1, 0.15) is 6.10 Å². The Labute approximate surface area is 107 Å². The molecule has 0 bridgehead atoms. The molecule has 2 rings (SSSR count). The molecule has 0 saturated heterocycles. The van der Waals surface area contributed by atoms with Gasteiger partial charge in [-0.2, -0.15) is 0 Å². The first-order valence-electron chi connectivity index (χ1n) is 6.09. The lowest BCUT2D eigenvalue weighted by Crippen LogP contribution is -2.03. The van der Waals surface area contributed by atoms with Gasteiger partial charge in [0.15, 0.2) is 0 Å². The molecule has 1 unspecified atom stereocenters. The largest absolute Gasteiger partial charge is 0.383 e. The zero-order valence-electron chi connectivity index (χ0n) is 10.3. The van der Waals surface area contributed by atoms with E-state index >= 15 is 0 Å². The van der Waals surface area contributed by atoms with Crippen LogP contribution in [0.3, 0.4) is 0 Å². The van der Waals surface area contributed by atoms with E-state index in [9.17, 15) is 5.11 Å². The van der Waals surface area contributed by atoms with E-state index in [1.807, 2.05) is 17.5 Å². The fourth-order valence-electron chi connectivity index (χ4n) is 2.04. The molecule has 0 fully saturated rings. The summed E-state index contributed by atoms with van der Waals surface area (Å²) < 4.78 is 0.